The van der Waals surface area contributed by atoms with E-state index in [9.17, 15) is 19.3 Å². The third-order valence-electron chi connectivity index (χ3n) is 3.61. The molecule has 0 aliphatic carbocycles. The first-order valence-corrected chi connectivity index (χ1v) is 7.87. The number of amides is 1. The van der Waals surface area contributed by atoms with Crippen LogP contribution >= 0.6 is 0 Å². The van der Waals surface area contributed by atoms with E-state index in [1.165, 1.54) is 48.7 Å². The van der Waals surface area contributed by atoms with Crippen molar-refractivity contribution in [2.24, 2.45) is 5.10 Å². The maximum absolute atomic E-state index is 12.8. The molecule has 8 nitrogen and oxygen atoms in total. The van der Waals surface area contributed by atoms with Crippen LogP contribution < -0.4 is 5.43 Å². The summed E-state index contributed by atoms with van der Waals surface area (Å²) in [6.45, 7) is 0.365. The minimum Gasteiger partial charge on any atom is -0.268 e. The zero-order valence-electron chi connectivity index (χ0n) is 13.9. The first-order chi connectivity index (χ1) is 13.0. The molecule has 9 heteroatoms. The van der Waals surface area contributed by atoms with Crippen LogP contribution in [0.3, 0.4) is 0 Å². The number of rotatable bonds is 6. The van der Waals surface area contributed by atoms with Crippen molar-refractivity contribution in [3.63, 3.8) is 0 Å². The molecule has 0 spiro atoms. The van der Waals surface area contributed by atoms with Crippen molar-refractivity contribution in [2.45, 2.75) is 6.54 Å². The number of nitrogens with one attached hydrogen (secondary N) is 1. The molecule has 3 aromatic rings. The summed E-state index contributed by atoms with van der Waals surface area (Å²) in [7, 11) is 0. The van der Waals surface area contributed by atoms with Gasteiger partial charge in [0.15, 0.2) is 5.69 Å². The second-order valence-corrected chi connectivity index (χ2v) is 5.57. The molecule has 27 heavy (non-hydrogen) atoms. The van der Waals surface area contributed by atoms with E-state index in [1.807, 2.05) is 0 Å². The molecule has 0 unspecified atom stereocenters. The van der Waals surface area contributed by atoms with Gasteiger partial charge in [-0.2, -0.15) is 10.2 Å². The monoisotopic (exact) mass is 367 g/mol. The lowest BCUT2D eigenvalue weighted by Crippen LogP contribution is -2.18. The van der Waals surface area contributed by atoms with Crippen molar-refractivity contribution in [1.29, 1.82) is 0 Å². The molecule has 0 saturated heterocycles. The maximum Gasteiger partial charge on any atom is 0.291 e. The van der Waals surface area contributed by atoms with E-state index in [-0.39, 0.29) is 17.2 Å². The Morgan fingerprint density at radius 2 is 1.89 bits per heavy atom. The lowest BCUT2D eigenvalue weighted by atomic mass is 10.2. The van der Waals surface area contributed by atoms with E-state index in [1.54, 1.807) is 23.0 Å². The highest BCUT2D eigenvalue weighted by Gasteiger charge is 2.09. The van der Waals surface area contributed by atoms with Crippen LogP contribution in [0.5, 0.6) is 0 Å². The van der Waals surface area contributed by atoms with Gasteiger partial charge in [-0.05, 0) is 29.3 Å². The number of hydrogen-bond acceptors (Lipinski definition) is 5. The Bertz CT molecular complexity index is 981. The van der Waals surface area contributed by atoms with Gasteiger partial charge in [0.05, 0.1) is 17.7 Å². The fraction of sp³-hybridized carbons (Fsp3) is 0.0556. The summed E-state index contributed by atoms with van der Waals surface area (Å²) in [5, 5.41) is 18.6. The van der Waals surface area contributed by atoms with Gasteiger partial charge in [0.1, 0.15) is 5.82 Å². The minimum absolute atomic E-state index is 0.0123. The predicted molar refractivity (Wildman–Crippen MR) is 95.9 cm³/mol. The third kappa shape index (κ3) is 4.82. The largest absolute Gasteiger partial charge is 0.291 e. The number of aromatic nitrogens is 2. The van der Waals surface area contributed by atoms with Crippen LogP contribution in [0.4, 0.5) is 10.1 Å². The average Bonchev–Trinajstić information content (AvgIpc) is 3.12. The Morgan fingerprint density at radius 3 is 2.56 bits per heavy atom. The summed E-state index contributed by atoms with van der Waals surface area (Å²) in [4.78, 5) is 22.2. The summed E-state index contributed by atoms with van der Waals surface area (Å²) in [5.74, 6) is -0.842. The molecule has 3 rings (SSSR count). The van der Waals surface area contributed by atoms with Gasteiger partial charge in [0.2, 0.25) is 0 Å². The molecule has 1 amide bonds. The molecule has 0 aliphatic heterocycles. The quantitative estimate of drug-likeness (QED) is 0.411. The highest BCUT2D eigenvalue weighted by atomic mass is 19.1. The SMILES string of the molecule is O=C(N/N=C/c1ccc(F)cc1)c1ccn(Cc2ccc([N+](=O)[O-])cc2)n1. The summed E-state index contributed by atoms with van der Waals surface area (Å²) in [6, 6.07) is 13.3. The number of non-ortho nitro benzene ring substituents is 1. The number of benzene rings is 2. The van der Waals surface area contributed by atoms with Gasteiger partial charge in [-0.25, -0.2) is 9.82 Å². The van der Waals surface area contributed by atoms with Gasteiger partial charge in [0.25, 0.3) is 11.6 Å². The van der Waals surface area contributed by atoms with E-state index in [4.69, 9.17) is 0 Å². The molecule has 1 heterocycles. The molecule has 0 saturated carbocycles. The highest BCUT2D eigenvalue weighted by Crippen LogP contribution is 2.12. The average molecular weight is 367 g/mol. The molecule has 1 N–H and O–H groups in total. The maximum atomic E-state index is 12.8. The Hall–Kier alpha value is -3.88. The summed E-state index contributed by atoms with van der Waals surface area (Å²) >= 11 is 0. The number of carbonyl (C=O) groups is 1. The Morgan fingerprint density at radius 1 is 1.19 bits per heavy atom. The van der Waals surface area contributed by atoms with Gasteiger partial charge in [-0.1, -0.05) is 24.3 Å². The normalized spacial score (nSPS) is 10.9. The summed E-state index contributed by atoms with van der Waals surface area (Å²) in [5.41, 5.74) is 3.98. The number of hydrogen-bond donors (Lipinski definition) is 1. The van der Waals surface area contributed by atoms with Crippen LogP contribution in [0.1, 0.15) is 21.6 Å². The first kappa shape index (κ1) is 17.9. The molecule has 0 radical (unpaired) electrons. The topological polar surface area (TPSA) is 102 Å². The van der Waals surface area contributed by atoms with Crippen molar-refractivity contribution < 1.29 is 14.1 Å². The molecular formula is C18H14FN5O3. The highest BCUT2D eigenvalue weighted by molar-refractivity contribution is 5.93. The van der Waals surface area contributed by atoms with E-state index >= 15 is 0 Å². The molecule has 136 valence electrons. The molecule has 2 aromatic carbocycles. The molecule has 0 aliphatic rings. The third-order valence-corrected chi connectivity index (χ3v) is 3.61. The number of halogens is 1. The Kier molecular flexibility index (Phi) is 5.31. The van der Waals surface area contributed by atoms with E-state index in [0.717, 1.165) is 5.56 Å². The second-order valence-electron chi connectivity index (χ2n) is 5.57. The zero-order valence-corrected chi connectivity index (χ0v) is 13.9. The molecule has 0 fully saturated rings. The molecule has 0 bridgehead atoms. The smallest absolute Gasteiger partial charge is 0.268 e. The Labute approximate surface area is 153 Å². The lowest BCUT2D eigenvalue weighted by molar-refractivity contribution is -0.384. The van der Waals surface area contributed by atoms with E-state index in [0.29, 0.717) is 12.1 Å². The molecular weight excluding hydrogens is 353 g/mol. The van der Waals surface area contributed by atoms with Gasteiger partial charge in [0, 0.05) is 18.3 Å². The fourth-order valence-corrected chi connectivity index (χ4v) is 2.25. The fourth-order valence-electron chi connectivity index (χ4n) is 2.25. The number of nitro benzene ring substituents is 1. The van der Waals surface area contributed by atoms with Crippen LogP contribution in [-0.4, -0.2) is 26.8 Å². The van der Waals surface area contributed by atoms with Crippen LogP contribution in [0.2, 0.25) is 0 Å². The number of nitrogens with zero attached hydrogens (tertiary/aromatic N) is 4. The molecule has 0 atom stereocenters. The van der Waals surface area contributed by atoms with E-state index in [2.05, 4.69) is 15.6 Å². The van der Waals surface area contributed by atoms with Gasteiger partial charge in [-0.3, -0.25) is 19.6 Å². The number of carbonyl (C=O) groups excluding carboxylic acids is 1. The van der Waals surface area contributed by atoms with Crippen molar-refractivity contribution in [3.05, 3.63) is 93.5 Å². The molecule has 1 aromatic heterocycles. The summed E-state index contributed by atoms with van der Waals surface area (Å²) < 4.78 is 14.4. The van der Waals surface area contributed by atoms with Crippen molar-refractivity contribution in [2.75, 3.05) is 0 Å². The second kappa shape index (κ2) is 8.00. The number of hydrazone groups is 1. The van der Waals surface area contributed by atoms with Crippen LogP contribution in [-0.2, 0) is 6.54 Å². The minimum atomic E-state index is -0.490. The van der Waals surface area contributed by atoms with Crippen LogP contribution in [0, 0.1) is 15.9 Å². The van der Waals surface area contributed by atoms with Crippen LogP contribution in [0.15, 0.2) is 65.9 Å². The van der Waals surface area contributed by atoms with Gasteiger partial charge >= 0.3 is 0 Å². The Balaban J connectivity index is 1.58. The zero-order chi connectivity index (χ0) is 19.2. The van der Waals surface area contributed by atoms with E-state index < -0.39 is 10.8 Å². The lowest BCUT2D eigenvalue weighted by Gasteiger charge is -2.01. The first-order valence-electron chi connectivity index (χ1n) is 7.87. The standard InChI is InChI=1S/C18H14FN5O3/c19-15-5-1-13(2-6-15)11-20-21-18(25)17-9-10-23(22-17)12-14-3-7-16(8-4-14)24(26)27/h1-11H,12H2,(H,21,25)/b20-11+. The van der Waals surface area contributed by atoms with Crippen molar-refractivity contribution in [3.8, 4) is 0 Å². The van der Waals surface area contributed by atoms with Crippen molar-refractivity contribution >= 4 is 17.8 Å². The van der Waals surface area contributed by atoms with Gasteiger partial charge < -0.3 is 0 Å². The van der Waals surface area contributed by atoms with Crippen molar-refractivity contribution in [1.82, 2.24) is 15.2 Å². The van der Waals surface area contributed by atoms with Gasteiger partial charge in [-0.15, -0.1) is 0 Å². The predicted octanol–water partition coefficient (Wildman–Crippen LogP) is 2.74. The van der Waals surface area contributed by atoms with Crippen LogP contribution in [0.25, 0.3) is 0 Å². The number of nitro groups is 1. The summed E-state index contributed by atoms with van der Waals surface area (Å²) in [6.07, 6.45) is 3.02.